The van der Waals surface area contributed by atoms with Gasteiger partial charge in [0.05, 0.1) is 15.9 Å². The maximum Gasteiger partial charge on any atom is 0.231 e. The zero-order valence-corrected chi connectivity index (χ0v) is 12.1. The van der Waals surface area contributed by atoms with Crippen LogP contribution in [0.25, 0.3) is 10.2 Å². The summed E-state index contributed by atoms with van der Waals surface area (Å²) < 4.78 is 1.14. The fourth-order valence-corrected chi connectivity index (χ4v) is 2.72. The average Bonchev–Trinajstić information content (AvgIpc) is 2.80. The topological polar surface area (TPSA) is 63.6 Å². The molecule has 0 saturated heterocycles. The van der Waals surface area contributed by atoms with E-state index in [2.05, 4.69) is 41.2 Å². The Morgan fingerprint density at radius 2 is 1.70 bits per heavy atom. The molecule has 0 aliphatic heterocycles. The number of anilines is 1. The molecule has 0 aliphatic rings. The Hall–Kier alpha value is -2.27. The first kappa shape index (κ1) is 12.7. The largest absolute Gasteiger partial charge is 0.399 e. The maximum absolute atomic E-state index is 5.63. The molecule has 0 fully saturated rings. The highest BCUT2D eigenvalue weighted by Crippen LogP contribution is 2.31. The molecule has 0 unspecified atom stereocenters. The third kappa shape index (κ3) is 2.53. The molecule has 3 aromatic rings. The number of azo groups is 1. The highest BCUT2D eigenvalue weighted by Gasteiger charge is 2.05. The summed E-state index contributed by atoms with van der Waals surface area (Å²) in [6, 6.07) is 11.5. The van der Waals surface area contributed by atoms with E-state index in [0.29, 0.717) is 5.13 Å². The Balaban J connectivity index is 1.92. The molecular weight excluding hydrogens is 268 g/mol. The van der Waals surface area contributed by atoms with Gasteiger partial charge in [-0.1, -0.05) is 11.3 Å². The molecule has 1 heterocycles. The van der Waals surface area contributed by atoms with Crippen molar-refractivity contribution in [3.63, 3.8) is 0 Å². The van der Waals surface area contributed by atoms with Crippen LogP contribution in [0, 0.1) is 13.8 Å². The van der Waals surface area contributed by atoms with Crippen molar-refractivity contribution < 1.29 is 0 Å². The van der Waals surface area contributed by atoms with Crippen LogP contribution in [0.4, 0.5) is 16.5 Å². The van der Waals surface area contributed by atoms with Gasteiger partial charge < -0.3 is 5.73 Å². The predicted octanol–water partition coefficient (Wildman–Crippen LogP) is 4.91. The fraction of sp³-hybridized carbons (Fsp3) is 0.133. The predicted molar refractivity (Wildman–Crippen MR) is 84.1 cm³/mol. The van der Waals surface area contributed by atoms with E-state index < -0.39 is 0 Å². The summed E-state index contributed by atoms with van der Waals surface area (Å²) in [6.07, 6.45) is 0. The number of nitrogen functional groups attached to an aromatic ring is 1. The molecule has 20 heavy (non-hydrogen) atoms. The molecular formula is C15H14N4S. The number of fused-ring (bicyclic) bond motifs is 1. The van der Waals surface area contributed by atoms with Crippen LogP contribution < -0.4 is 5.73 Å². The van der Waals surface area contributed by atoms with Crippen LogP contribution in [-0.4, -0.2) is 4.98 Å². The molecule has 4 nitrogen and oxygen atoms in total. The first-order chi connectivity index (χ1) is 9.61. The molecule has 0 spiro atoms. The molecule has 0 radical (unpaired) electrons. The number of hydrogen-bond donors (Lipinski definition) is 1. The van der Waals surface area contributed by atoms with Gasteiger partial charge in [-0.3, -0.25) is 0 Å². The first-order valence-electron chi connectivity index (χ1n) is 6.27. The van der Waals surface area contributed by atoms with E-state index in [1.54, 1.807) is 23.5 Å². The van der Waals surface area contributed by atoms with E-state index in [9.17, 15) is 0 Å². The Morgan fingerprint density at radius 3 is 2.45 bits per heavy atom. The van der Waals surface area contributed by atoms with Crippen LogP contribution >= 0.6 is 11.3 Å². The number of nitrogens with two attached hydrogens (primary N) is 1. The van der Waals surface area contributed by atoms with Crippen molar-refractivity contribution in [3.05, 3.63) is 47.5 Å². The van der Waals surface area contributed by atoms with Crippen LogP contribution in [0.15, 0.2) is 46.6 Å². The van der Waals surface area contributed by atoms with Crippen molar-refractivity contribution >= 4 is 38.1 Å². The van der Waals surface area contributed by atoms with Gasteiger partial charge in [-0.05, 0) is 61.4 Å². The van der Waals surface area contributed by atoms with E-state index in [4.69, 9.17) is 5.73 Å². The van der Waals surface area contributed by atoms with Crippen LogP contribution in [0.5, 0.6) is 0 Å². The van der Waals surface area contributed by atoms with Gasteiger partial charge in [0.2, 0.25) is 5.13 Å². The van der Waals surface area contributed by atoms with Gasteiger partial charge in [-0.15, -0.1) is 10.2 Å². The summed E-state index contributed by atoms with van der Waals surface area (Å²) in [5, 5.41) is 9.04. The molecule has 2 N–H and O–H groups in total. The number of aryl methyl sites for hydroxylation is 2. The van der Waals surface area contributed by atoms with E-state index in [1.165, 1.54) is 11.1 Å². The number of hydrogen-bond acceptors (Lipinski definition) is 5. The number of nitrogens with zero attached hydrogens (tertiary/aromatic N) is 3. The van der Waals surface area contributed by atoms with Gasteiger partial charge in [0, 0.05) is 5.69 Å². The first-order valence-corrected chi connectivity index (χ1v) is 7.08. The van der Waals surface area contributed by atoms with E-state index in [1.807, 2.05) is 12.1 Å². The van der Waals surface area contributed by atoms with Crippen molar-refractivity contribution in [1.82, 2.24) is 4.98 Å². The molecule has 0 aliphatic carbocycles. The van der Waals surface area contributed by atoms with Gasteiger partial charge >= 0.3 is 0 Å². The Bertz CT molecular complexity index is 748. The Labute approximate surface area is 121 Å². The van der Waals surface area contributed by atoms with Crippen molar-refractivity contribution in [2.24, 2.45) is 10.2 Å². The lowest BCUT2D eigenvalue weighted by Crippen LogP contribution is -1.80. The lowest BCUT2D eigenvalue weighted by molar-refractivity contribution is 1.21. The average molecular weight is 282 g/mol. The minimum absolute atomic E-state index is 0.668. The monoisotopic (exact) mass is 282 g/mol. The number of thiazole rings is 1. The molecule has 5 heteroatoms. The molecule has 2 aromatic carbocycles. The van der Waals surface area contributed by atoms with Crippen molar-refractivity contribution in [1.29, 1.82) is 0 Å². The minimum atomic E-state index is 0.668. The maximum atomic E-state index is 5.63. The van der Waals surface area contributed by atoms with Gasteiger partial charge in [0.1, 0.15) is 0 Å². The second kappa shape index (κ2) is 5.02. The molecule has 0 bridgehead atoms. The van der Waals surface area contributed by atoms with Crippen LogP contribution in [0.1, 0.15) is 11.1 Å². The summed E-state index contributed by atoms with van der Waals surface area (Å²) in [5.74, 6) is 0. The van der Waals surface area contributed by atoms with Gasteiger partial charge in [-0.25, -0.2) is 4.98 Å². The highest BCUT2D eigenvalue weighted by atomic mass is 32.1. The Kier molecular flexibility index (Phi) is 3.20. The third-order valence-electron chi connectivity index (χ3n) is 3.14. The normalized spacial score (nSPS) is 11.5. The van der Waals surface area contributed by atoms with E-state index in [0.717, 1.165) is 21.6 Å². The number of rotatable bonds is 2. The summed E-state index contributed by atoms with van der Waals surface area (Å²) >= 11 is 1.55. The van der Waals surface area contributed by atoms with Crippen molar-refractivity contribution in [2.45, 2.75) is 13.8 Å². The lowest BCUT2D eigenvalue weighted by atomic mass is 10.1. The second-order valence-electron chi connectivity index (χ2n) is 4.69. The van der Waals surface area contributed by atoms with Crippen LogP contribution in [-0.2, 0) is 0 Å². The lowest BCUT2D eigenvalue weighted by Gasteiger charge is -1.96. The Morgan fingerprint density at radius 1 is 1.00 bits per heavy atom. The fourth-order valence-electron chi connectivity index (χ4n) is 1.85. The van der Waals surface area contributed by atoms with Crippen molar-refractivity contribution in [3.8, 4) is 0 Å². The van der Waals surface area contributed by atoms with E-state index in [-0.39, 0.29) is 0 Å². The molecule has 100 valence electrons. The van der Waals surface area contributed by atoms with Gasteiger partial charge in [-0.2, -0.15) is 0 Å². The quantitative estimate of drug-likeness (QED) is 0.536. The van der Waals surface area contributed by atoms with Crippen LogP contribution in [0.2, 0.25) is 0 Å². The van der Waals surface area contributed by atoms with Gasteiger partial charge in [0.25, 0.3) is 0 Å². The third-order valence-corrected chi connectivity index (χ3v) is 4.04. The van der Waals surface area contributed by atoms with Crippen LogP contribution in [0.3, 0.4) is 0 Å². The van der Waals surface area contributed by atoms with Crippen molar-refractivity contribution in [2.75, 3.05) is 5.73 Å². The summed E-state index contributed by atoms with van der Waals surface area (Å²) in [4.78, 5) is 4.48. The zero-order valence-electron chi connectivity index (χ0n) is 11.3. The minimum Gasteiger partial charge on any atom is -0.399 e. The molecule has 0 amide bonds. The summed E-state index contributed by atoms with van der Waals surface area (Å²) in [5.41, 5.74) is 10.6. The molecule has 0 saturated carbocycles. The zero-order chi connectivity index (χ0) is 14.1. The standard InChI is InChI=1S/C15H14N4S/c1-9-7-13-14(8-10(9)2)20-15(17-13)19-18-12-5-3-11(16)4-6-12/h3-8H,16H2,1-2H3. The number of benzene rings is 2. The summed E-state index contributed by atoms with van der Waals surface area (Å²) in [7, 11) is 0. The number of aromatic nitrogens is 1. The SMILES string of the molecule is Cc1cc2nc(N=Nc3ccc(N)cc3)sc2cc1C. The second-order valence-corrected chi connectivity index (χ2v) is 5.70. The van der Waals surface area contributed by atoms with E-state index >= 15 is 0 Å². The smallest absolute Gasteiger partial charge is 0.231 e. The molecule has 0 atom stereocenters. The molecule has 3 rings (SSSR count). The van der Waals surface area contributed by atoms with Gasteiger partial charge in [0.15, 0.2) is 0 Å². The molecule has 1 aromatic heterocycles. The summed E-state index contributed by atoms with van der Waals surface area (Å²) in [6.45, 7) is 4.19. The highest BCUT2D eigenvalue weighted by molar-refractivity contribution is 7.21.